The molecule has 0 radical (unpaired) electrons. The van der Waals surface area contributed by atoms with Gasteiger partial charge in [-0.3, -0.25) is 10.1 Å². The molecule has 25 heavy (non-hydrogen) atoms. The summed E-state index contributed by atoms with van der Waals surface area (Å²) in [5.41, 5.74) is 2.98. The smallest absolute Gasteiger partial charge is 0.257 e. The van der Waals surface area contributed by atoms with Crippen LogP contribution in [0.4, 0.5) is 13.9 Å². The predicted octanol–water partition coefficient (Wildman–Crippen LogP) is 5.46. The Balaban J connectivity index is 1.74. The van der Waals surface area contributed by atoms with Gasteiger partial charge in [0.15, 0.2) is 16.8 Å². The highest BCUT2D eigenvalue weighted by molar-refractivity contribution is 7.14. The fourth-order valence-electron chi connectivity index (χ4n) is 2.31. The van der Waals surface area contributed by atoms with Gasteiger partial charge >= 0.3 is 0 Å². The molecule has 0 unspecified atom stereocenters. The maximum Gasteiger partial charge on any atom is 0.257 e. The summed E-state index contributed by atoms with van der Waals surface area (Å²) >= 11 is 1.27. The summed E-state index contributed by atoms with van der Waals surface area (Å²) in [5, 5.41) is 4.84. The second-order valence-corrected chi connectivity index (χ2v) is 6.76. The first-order chi connectivity index (χ1) is 11.9. The van der Waals surface area contributed by atoms with Crippen LogP contribution in [0.5, 0.6) is 0 Å². The minimum absolute atomic E-state index is 0.0388. The van der Waals surface area contributed by atoms with Crippen molar-refractivity contribution in [1.82, 2.24) is 4.98 Å². The van der Waals surface area contributed by atoms with E-state index in [-0.39, 0.29) is 5.56 Å². The van der Waals surface area contributed by atoms with Gasteiger partial charge in [0.1, 0.15) is 0 Å². The Morgan fingerprint density at radius 2 is 1.80 bits per heavy atom. The average molecular weight is 358 g/mol. The summed E-state index contributed by atoms with van der Waals surface area (Å²) in [6.07, 6.45) is 0. The molecule has 1 heterocycles. The van der Waals surface area contributed by atoms with E-state index in [1.165, 1.54) is 23.0 Å². The molecule has 0 aliphatic heterocycles. The number of anilines is 1. The molecule has 0 aliphatic rings. The Kier molecular flexibility index (Phi) is 4.90. The van der Waals surface area contributed by atoms with Crippen LogP contribution in [0.2, 0.25) is 0 Å². The van der Waals surface area contributed by atoms with E-state index in [0.717, 1.165) is 23.4 Å². The Morgan fingerprint density at radius 3 is 2.44 bits per heavy atom. The molecule has 1 amide bonds. The van der Waals surface area contributed by atoms with Crippen molar-refractivity contribution < 1.29 is 13.6 Å². The van der Waals surface area contributed by atoms with E-state index in [4.69, 9.17) is 0 Å². The molecule has 3 nitrogen and oxygen atoms in total. The van der Waals surface area contributed by atoms with Gasteiger partial charge in [-0.1, -0.05) is 38.1 Å². The molecule has 0 bridgehead atoms. The van der Waals surface area contributed by atoms with Crippen LogP contribution in [0.25, 0.3) is 11.3 Å². The van der Waals surface area contributed by atoms with Crippen LogP contribution >= 0.6 is 11.3 Å². The number of carbonyl (C=O) groups is 1. The molecule has 0 saturated carbocycles. The maximum atomic E-state index is 13.2. The third kappa shape index (κ3) is 3.91. The molecule has 0 aliphatic carbocycles. The van der Waals surface area contributed by atoms with Gasteiger partial charge in [-0.05, 0) is 29.7 Å². The summed E-state index contributed by atoms with van der Waals surface area (Å²) in [4.78, 5) is 16.5. The number of nitrogens with zero attached hydrogens (tertiary/aromatic N) is 1. The maximum absolute atomic E-state index is 13.2. The second-order valence-electron chi connectivity index (χ2n) is 5.90. The van der Waals surface area contributed by atoms with Gasteiger partial charge in [-0.25, -0.2) is 13.8 Å². The molecule has 1 N–H and O–H groups in total. The fourth-order valence-corrected chi connectivity index (χ4v) is 3.02. The number of nitrogens with one attached hydrogen (secondary N) is 1. The van der Waals surface area contributed by atoms with Crippen molar-refractivity contribution in [3.8, 4) is 11.3 Å². The van der Waals surface area contributed by atoms with Crippen molar-refractivity contribution in [1.29, 1.82) is 0 Å². The van der Waals surface area contributed by atoms with E-state index < -0.39 is 17.5 Å². The molecule has 0 fully saturated rings. The third-order valence-corrected chi connectivity index (χ3v) is 4.54. The van der Waals surface area contributed by atoms with E-state index in [0.29, 0.717) is 11.0 Å². The van der Waals surface area contributed by atoms with Crippen LogP contribution in [0.1, 0.15) is 35.7 Å². The second kappa shape index (κ2) is 7.11. The van der Waals surface area contributed by atoms with E-state index in [9.17, 15) is 13.6 Å². The molecule has 1 aromatic heterocycles. The number of amides is 1. The van der Waals surface area contributed by atoms with Crippen molar-refractivity contribution in [2.45, 2.75) is 19.8 Å². The summed E-state index contributed by atoms with van der Waals surface area (Å²) in [6, 6.07) is 11.1. The molecule has 0 spiro atoms. The van der Waals surface area contributed by atoms with Crippen LogP contribution in [-0.4, -0.2) is 10.9 Å². The first-order valence-electron chi connectivity index (χ1n) is 7.76. The summed E-state index contributed by atoms with van der Waals surface area (Å²) < 4.78 is 26.2. The zero-order chi connectivity index (χ0) is 18.0. The Hall–Kier alpha value is -2.60. The van der Waals surface area contributed by atoms with E-state index in [2.05, 4.69) is 36.3 Å². The standard InChI is InChI=1S/C19H16F2N2OS/c1-11(2)12-3-5-13(6-4-12)17-10-25-19(22-17)23-18(24)14-7-8-15(20)16(21)9-14/h3-11H,1-2H3,(H,22,23,24). The molecule has 3 rings (SSSR count). The number of hydrogen-bond acceptors (Lipinski definition) is 3. The van der Waals surface area contributed by atoms with Crippen molar-refractivity contribution in [3.05, 3.63) is 70.6 Å². The molecule has 6 heteroatoms. The van der Waals surface area contributed by atoms with Crippen molar-refractivity contribution >= 4 is 22.4 Å². The Labute approximate surface area is 148 Å². The highest BCUT2D eigenvalue weighted by Crippen LogP contribution is 2.26. The highest BCUT2D eigenvalue weighted by atomic mass is 32.1. The zero-order valence-corrected chi connectivity index (χ0v) is 14.5. The molecule has 0 atom stereocenters. The molecule has 2 aromatic carbocycles. The lowest BCUT2D eigenvalue weighted by molar-refractivity contribution is 0.102. The van der Waals surface area contributed by atoms with Crippen molar-refractivity contribution in [2.75, 3.05) is 5.32 Å². The lowest BCUT2D eigenvalue weighted by Crippen LogP contribution is -2.12. The first kappa shape index (κ1) is 17.2. The SMILES string of the molecule is CC(C)c1ccc(-c2csc(NC(=O)c3ccc(F)c(F)c3)n2)cc1. The number of hydrogen-bond donors (Lipinski definition) is 1. The topological polar surface area (TPSA) is 42.0 Å². The number of rotatable bonds is 4. The monoisotopic (exact) mass is 358 g/mol. The fraction of sp³-hybridized carbons (Fsp3) is 0.158. The predicted molar refractivity (Wildman–Crippen MR) is 96.0 cm³/mol. The van der Waals surface area contributed by atoms with Crippen LogP contribution in [0.15, 0.2) is 47.8 Å². The van der Waals surface area contributed by atoms with Crippen molar-refractivity contribution in [2.24, 2.45) is 0 Å². The van der Waals surface area contributed by atoms with Crippen molar-refractivity contribution in [3.63, 3.8) is 0 Å². The van der Waals surface area contributed by atoms with E-state index in [1.807, 2.05) is 17.5 Å². The quantitative estimate of drug-likeness (QED) is 0.672. The molecular formula is C19H16F2N2OS. The van der Waals surface area contributed by atoms with E-state index >= 15 is 0 Å². The highest BCUT2D eigenvalue weighted by Gasteiger charge is 2.12. The molecular weight excluding hydrogens is 342 g/mol. The van der Waals surface area contributed by atoms with Gasteiger partial charge in [0.2, 0.25) is 0 Å². The third-order valence-electron chi connectivity index (χ3n) is 3.78. The Morgan fingerprint density at radius 1 is 1.08 bits per heavy atom. The minimum Gasteiger partial charge on any atom is -0.298 e. The Bertz CT molecular complexity index is 904. The minimum atomic E-state index is -1.06. The van der Waals surface area contributed by atoms with Gasteiger partial charge in [-0.2, -0.15) is 0 Å². The number of halogens is 2. The van der Waals surface area contributed by atoms with Gasteiger partial charge in [0.25, 0.3) is 5.91 Å². The average Bonchev–Trinajstić information content (AvgIpc) is 3.05. The van der Waals surface area contributed by atoms with Gasteiger partial charge in [0, 0.05) is 16.5 Å². The largest absolute Gasteiger partial charge is 0.298 e. The van der Waals surface area contributed by atoms with Crippen LogP contribution < -0.4 is 5.32 Å². The number of carbonyl (C=O) groups excluding carboxylic acids is 1. The lowest BCUT2D eigenvalue weighted by Gasteiger charge is -2.05. The van der Waals surface area contributed by atoms with Crippen LogP contribution in [0, 0.1) is 11.6 Å². The summed E-state index contributed by atoms with van der Waals surface area (Å²) in [5.74, 6) is -2.12. The summed E-state index contributed by atoms with van der Waals surface area (Å²) in [6.45, 7) is 4.26. The van der Waals surface area contributed by atoms with Gasteiger partial charge in [0.05, 0.1) is 5.69 Å². The number of benzene rings is 2. The number of thiazole rings is 1. The lowest BCUT2D eigenvalue weighted by atomic mass is 10.0. The first-order valence-corrected chi connectivity index (χ1v) is 8.64. The van der Waals surface area contributed by atoms with Crippen LogP contribution in [0.3, 0.4) is 0 Å². The molecule has 0 saturated heterocycles. The summed E-state index contributed by atoms with van der Waals surface area (Å²) in [7, 11) is 0. The molecule has 3 aromatic rings. The molecule has 128 valence electrons. The van der Waals surface area contributed by atoms with Gasteiger partial charge < -0.3 is 0 Å². The van der Waals surface area contributed by atoms with Crippen LogP contribution in [-0.2, 0) is 0 Å². The zero-order valence-electron chi connectivity index (χ0n) is 13.7. The van der Waals surface area contributed by atoms with Gasteiger partial charge in [-0.15, -0.1) is 11.3 Å². The van der Waals surface area contributed by atoms with E-state index in [1.54, 1.807) is 0 Å². The normalized spacial score (nSPS) is 10.9. The number of aromatic nitrogens is 1.